The third kappa shape index (κ3) is 3.05. The number of hydrogen-bond acceptors (Lipinski definition) is 5. The molecule has 0 aromatic carbocycles. The molecule has 0 aliphatic heterocycles. The summed E-state index contributed by atoms with van der Waals surface area (Å²) in [6, 6.07) is 1.50. The lowest BCUT2D eigenvalue weighted by atomic mass is 10.2. The summed E-state index contributed by atoms with van der Waals surface area (Å²) in [4.78, 5) is 15.8. The topological polar surface area (TPSA) is 110 Å². The molecule has 1 heterocycles. The van der Waals surface area contributed by atoms with Crippen molar-refractivity contribution in [3.8, 4) is 0 Å². The van der Waals surface area contributed by atoms with Gasteiger partial charge in [-0.1, -0.05) is 11.6 Å². The Morgan fingerprint density at radius 2 is 2.29 bits per heavy atom. The molecule has 7 nitrogen and oxygen atoms in total. The predicted molar refractivity (Wildman–Crippen MR) is 65.0 cm³/mol. The van der Waals surface area contributed by atoms with E-state index >= 15 is 0 Å². The molecule has 0 aliphatic carbocycles. The smallest absolute Gasteiger partial charge is 0.259 e. The minimum Gasteiger partial charge on any atom is -0.320 e. The first kappa shape index (κ1) is 13.2. The number of nitrogens with zero attached hydrogens (tertiary/aromatic N) is 3. The SMILES string of the molecule is Cc1nccc(C(=O)N/C(=N/N)N(C)N)c1Cl. The first-order chi connectivity index (χ1) is 7.97. The van der Waals surface area contributed by atoms with Crippen molar-refractivity contribution in [2.24, 2.45) is 16.8 Å². The summed E-state index contributed by atoms with van der Waals surface area (Å²) in [6.07, 6.45) is 1.49. The fourth-order valence-electron chi connectivity index (χ4n) is 1.10. The Morgan fingerprint density at radius 1 is 1.65 bits per heavy atom. The maximum atomic E-state index is 11.8. The number of carbonyl (C=O) groups is 1. The molecule has 0 atom stereocenters. The Hall–Kier alpha value is -1.86. The summed E-state index contributed by atoms with van der Waals surface area (Å²) < 4.78 is 0. The summed E-state index contributed by atoms with van der Waals surface area (Å²) in [7, 11) is 1.49. The highest BCUT2D eigenvalue weighted by Gasteiger charge is 2.15. The van der Waals surface area contributed by atoms with Gasteiger partial charge in [0.15, 0.2) is 0 Å². The summed E-state index contributed by atoms with van der Waals surface area (Å²) >= 11 is 5.95. The maximum Gasteiger partial charge on any atom is 0.259 e. The molecule has 0 fully saturated rings. The van der Waals surface area contributed by atoms with E-state index in [1.807, 2.05) is 0 Å². The highest BCUT2D eigenvalue weighted by atomic mass is 35.5. The highest BCUT2D eigenvalue weighted by Crippen LogP contribution is 2.17. The van der Waals surface area contributed by atoms with Crippen LogP contribution in [0.3, 0.4) is 0 Å². The van der Waals surface area contributed by atoms with Crippen molar-refractivity contribution in [2.75, 3.05) is 7.05 Å². The van der Waals surface area contributed by atoms with Crippen LogP contribution in [-0.2, 0) is 0 Å². The van der Waals surface area contributed by atoms with E-state index in [1.54, 1.807) is 6.92 Å². The third-order valence-corrected chi connectivity index (χ3v) is 2.47. The van der Waals surface area contributed by atoms with Crippen molar-refractivity contribution in [1.29, 1.82) is 0 Å². The zero-order valence-electron chi connectivity index (χ0n) is 9.44. The Morgan fingerprint density at radius 3 is 2.82 bits per heavy atom. The van der Waals surface area contributed by atoms with Gasteiger partial charge in [-0.2, -0.15) is 0 Å². The van der Waals surface area contributed by atoms with Gasteiger partial charge in [0, 0.05) is 13.2 Å². The highest BCUT2D eigenvalue weighted by molar-refractivity contribution is 6.34. The fourth-order valence-corrected chi connectivity index (χ4v) is 1.30. The Labute approximate surface area is 103 Å². The van der Waals surface area contributed by atoms with E-state index in [1.165, 1.54) is 19.3 Å². The lowest BCUT2D eigenvalue weighted by molar-refractivity contribution is 0.0972. The van der Waals surface area contributed by atoms with Crippen LogP contribution in [0.4, 0.5) is 0 Å². The summed E-state index contributed by atoms with van der Waals surface area (Å²) in [5.41, 5.74) is 0.842. The normalized spacial score (nSPS) is 11.2. The van der Waals surface area contributed by atoms with Crippen molar-refractivity contribution in [3.63, 3.8) is 0 Å². The van der Waals surface area contributed by atoms with Gasteiger partial charge < -0.3 is 5.84 Å². The molecule has 0 aliphatic rings. The minimum absolute atomic E-state index is 0.0283. The molecule has 17 heavy (non-hydrogen) atoms. The third-order valence-electron chi connectivity index (χ3n) is 1.99. The summed E-state index contributed by atoms with van der Waals surface area (Å²) in [5, 5.41) is 7.12. The number of hydrogen-bond donors (Lipinski definition) is 3. The van der Waals surface area contributed by atoms with Crippen LogP contribution < -0.4 is 17.0 Å². The second-order valence-electron chi connectivity index (χ2n) is 3.28. The molecule has 1 rings (SSSR count). The van der Waals surface area contributed by atoms with E-state index in [9.17, 15) is 4.79 Å². The van der Waals surface area contributed by atoms with Gasteiger partial charge in [-0.3, -0.25) is 20.1 Å². The molecule has 0 radical (unpaired) electrons. The molecular formula is C9H13ClN6O. The van der Waals surface area contributed by atoms with Crippen molar-refractivity contribution >= 4 is 23.5 Å². The second-order valence-corrected chi connectivity index (χ2v) is 3.65. The van der Waals surface area contributed by atoms with Crippen molar-refractivity contribution in [3.05, 3.63) is 28.5 Å². The van der Waals surface area contributed by atoms with E-state index in [0.717, 1.165) is 5.01 Å². The summed E-state index contributed by atoms with van der Waals surface area (Å²) in [5.74, 6) is 10.1. The number of nitrogens with two attached hydrogens (primary N) is 2. The van der Waals surface area contributed by atoms with Gasteiger partial charge in [0.05, 0.1) is 16.3 Å². The molecule has 0 saturated heterocycles. The number of aromatic nitrogens is 1. The van der Waals surface area contributed by atoms with E-state index < -0.39 is 5.91 Å². The largest absolute Gasteiger partial charge is 0.320 e. The quantitative estimate of drug-likeness (QED) is 0.279. The van der Waals surface area contributed by atoms with E-state index in [2.05, 4.69) is 15.4 Å². The Balaban J connectivity index is 2.95. The van der Waals surface area contributed by atoms with Gasteiger partial charge in [-0.15, -0.1) is 5.10 Å². The fraction of sp³-hybridized carbons (Fsp3) is 0.222. The number of rotatable bonds is 1. The molecular weight excluding hydrogens is 244 g/mol. The first-order valence-corrected chi connectivity index (χ1v) is 5.04. The number of carbonyl (C=O) groups excluding carboxylic acids is 1. The van der Waals surface area contributed by atoms with E-state index in [4.69, 9.17) is 23.3 Å². The van der Waals surface area contributed by atoms with Crippen LogP contribution in [0.25, 0.3) is 0 Å². The number of amides is 1. The number of nitrogens with one attached hydrogen (secondary N) is 1. The molecule has 0 bridgehead atoms. The minimum atomic E-state index is -0.456. The maximum absolute atomic E-state index is 11.8. The molecule has 1 amide bonds. The zero-order chi connectivity index (χ0) is 13.0. The molecule has 1 aromatic rings. The van der Waals surface area contributed by atoms with Crippen molar-refractivity contribution in [2.45, 2.75) is 6.92 Å². The van der Waals surface area contributed by atoms with Crippen molar-refractivity contribution in [1.82, 2.24) is 15.3 Å². The van der Waals surface area contributed by atoms with Crippen LogP contribution in [0.15, 0.2) is 17.4 Å². The number of guanidine groups is 1. The van der Waals surface area contributed by atoms with Gasteiger partial charge >= 0.3 is 0 Å². The van der Waals surface area contributed by atoms with Gasteiger partial charge in [0.1, 0.15) is 0 Å². The lowest BCUT2D eigenvalue weighted by Gasteiger charge is -2.15. The Bertz CT molecular complexity index is 459. The summed E-state index contributed by atoms with van der Waals surface area (Å²) in [6.45, 7) is 1.70. The number of hydrazine groups is 1. The van der Waals surface area contributed by atoms with Crippen LogP contribution in [-0.4, -0.2) is 28.9 Å². The van der Waals surface area contributed by atoms with Crippen LogP contribution in [0.2, 0.25) is 5.02 Å². The number of pyridine rings is 1. The zero-order valence-corrected chi connectivity index (χ0v) is 10.2. The average molecular weight is 257 g/mol. The van der Waals surface area contributed by atoms with E-state index in [0.29, 0.717) is 5.69 Å². The molecule has 5 N–H and O–H groups in total. The van der Waals surface area contributed by atoms with Gasteiger partial charge in [0.25, 0.3) is 5.91 Å². The molecule has 1 aromatic heterocycles. The molecule has 0 saturated carbocycles. The Kier molecular flexibility index (Phi) is 4.24. The predicted octanol–water partition coefficient (Wildman–Crippen LogP) is -0.192. The molecule has 0 spiro atoms. The first-order valence-electron chi connectivity index (χ1n) is 4.66. The van der Waals surface area contributed by atoms with Gasteiger partial charge in [0.2, 0.25) is 5.96 Å². The van der Waals surface area contributed by atoms with Crippen LogP contribution in [0, 0.1) is 6.92 Å². The number of hydrazone groups is 1. The van der Waals surface area contributed by atoms with Crippen LogP contribution >= 0.6 is 11.6 Å². The number of halogens is 1. The second kappa shape index (κ2) is 5.46. The number of aryl methyl sites for hydroxylation is 1. The monoisotopic (exact) mass is 256 g/mol. The van der Waals surface area contributed by atoms with E-state index in [-0.39, 0.29) is 16.5 Å². The lowest BCUT2D eigenvalue weighted by Crippen LogP contribution is -2.46. The van der Waals surface area contributed by atoms with Gasteiger partial charge in [-0.05, 0) is 13.0 Å². The average Bonchev–Trinajstić information content (AvgIpc) is 2.28. The standard InChI is InChI=1S/C9H13ClN6O/c1-5-7(10)6(3-4-13-5)8(17)14-9(15-11)16(2)12/h3-4H,11-12H2,1-2H3,(H,14,15,17). The molecule has 8 heteroatoms. The van der Waals surface area contributed by atoms with Crippen LogP contribution in [0.1, 0.15) is 16.1 Å². The van der Waals surface area contributed by atoms with Gasteiger partial charge in [-0.25, -0.2) is 5.84 Å². The van der Waals surface area contributed by atoms with Crippen LogP contribution in [0.5, 0.6) is 0 Å². The molecule has 92 valence electrons. The molecule has 0 unspecified atom stereocenters. The van der Waals surface area contributed by atoms with Crippen molar-refractivity contribution < 1.29 is 4.79 Å².